The number of hydrogen-bond donors (Lipinski definition) is 1. The fourth-order valence-electron chi connectivity index (χ4n) is 2.31. The van der Waals surface area contributed by atoms with Crippen LogP contribution in [0.1, 0.15) is 33.6 Å². The monoisotopic (exact) mass is 308 g/mol. The standard InChI is InChI=1S/C16H21ClN2O2/c1-4-16(2,3)18-14(20)13-9-10-19(15(13)21)12-7-5-11(17)6-8-12/h5-8,13H,4,9-10H2,1-3H3,(H,18,20). The fourth-order valence-corrected chi connectivity index (χ4v) is 2.44. The summed E-state index contributed by atoms with van der Waals surface area (Å²) in [6.07, 6.45) is 1.37. The number of amides is 2. The molecule has 0 aliphatic carbocycles. The van der Waals surface area contributed by atoms with Crippen LogP contribution in [0, 0.1) is 5.92 Å². The number of hydrogen-bond acceptors (Lipinski definition) is 2. The first-order chi connectivity index (χ1) is 9.84. The van der Waals surface area contributed by atoms with Crippen molar-refractivity contribution in [3.63, 3.8) is 0 Å². The van der Waals surface area contributed by atoms with Gasteiger partial charge in [-0.2, -0.15) is 0 Å². The number of carbonyl (C=O) groups excluding carboxylic acids is 2. The number of nitrogens with one attached hydrogen (secondary N) is 1. The molecule has 2 rings (SSSR count). The van der Waals surface area contributed by atoms with Crippen molar-refractivity contribution in [3.05, 3.63) is 29.3 Å². The summed E-state index contributed by atoms with van der Waals surface area (Å²) in [4.78, 5) is 26.4. The molecule has 0 aromatic heterocycles. The first-order valence-corrected chi connectivity index (χ1v) is 7.61. The lowest BCUT2D eigenvalue weighted by Gasteiger charge is -2.26. The molecule has 1 heterocycles. The van der Waals surface area contributed by atoms with E-state index in [4.69, 9.17) is 11.6 Å². The number of carbonyl (C=O) groups is 2. The summed E-state index contributed by atoms with van der Waals surface area (Å²) >= 11 is 5.85. The van der Waals surface area contributed by atoms with E-state index in [1.807, 2.05) is 20.8 Å². The Kier molecular flexibility index (Phi) is 4.57. The summed E-state index contributed by atoms with van der Waals surface area (Å²) in [7, 11) is 0. The molecule has 1 aliphatic heterocycles. The predicted octanol–water partition coefficient (Wildman–Crippen LogP) is 3.00. The van der Waals surface area contributed by atoms with Crippen LogP contribution in [-0.4, -0.2) is 23.9 Å². The van der Waals surface area contributed by atoms with Gasteiger partial charge in [0.25, 0.3) is 0 Å². The molecule has 0 saturated carbocycles. The van der Waals surface area contributed by atoms with Gasteiger partial charge in [-0.15, -0.1) is 0 Å². The lowest BCUT2D eigenvalue weighted by molar-refractivity contribution is -0.133. The first-order valence-electron chi connectivity index (χ1n) is 7.23. The molecule has 4 nitrogen and oxygen atoms in total. The van der Waals surface area contributed by atoms with E-state index in [9.17, 15) is 9.59 Å². The highest BCUT2D eigenvalue weighted by molar-refractivity contribution is 6.30. The Labute approximate surface area is 130 Å². The molecule has 2 amide bonds. The minimum atomic E-state index is -0.591. The third-order valence-electron chi connectivity index (χ3n) is 4.01. The SMILES string of the molecule is CCC(C)(C)NC(=O)C1CCN(c2ccc(Cl)cc2)C1=O. The Hall–Kier alpha value is -1.55. The third-order valence-corrected chi connectivity index (χ3v) is 4.26. The minimum absolute atomic E-state index is 0.137. The Morgan fingerprint density at radius 2 is 2.00 bits per heavy atom. The van der Waals surface area contributed by atoms with E-state index in [1.54, 1.807) is 29.2 Å². The zero-order valence-electron chi connectivity index (χ0n) is 12.6. The quantitative estimate of drug-likeness (QED) is 0.869. The zero-order chi connectivity index (χ0) is 15.6. The van der Waals surface area contributed by atoms with Crippen LogP contribution in [0.15, 0.2) is 24.3 Å². The van der Waals surface area contributed by atoms with Crippen LogP contribution in [0.25, 0.3) is 0 Å². The van der Waals surface area contributed by atoms with Crippen molar-refractivity contribution in [1.82, 2.24) is 5.32 Å². The Balaban J connectivity index is 2.08. The molecule has 1 fully saturated rings. The van der Waals surface area contributed by atoms with Crippen LogP contribution in [0.3, 0.4) is 0 Å². The van der Waals surface area contributed by atoms with Crippen molar-refractivity contribution >= 4 is 29.1 Å². The predicted molar refractivity (Wildman–Crippen MR) is 84.4 cm³/mol. The lowest BCUT2D eigenvalue weighted by atomic mass is 9.99. The molecule has 21 heavy (non-hydrogen) atoms. The Bertz CT molecular complexity index is 540. The van der Waals surface area contributed by atoms with E-state index in [0.717, 1.165) is 12.1 Å². The number of rotatable bonds is 4. The van der Waals surface area contributed by atoms with Crippen molar-refractivity contribution in [3.8, 4) is 0 Å². The maximum absolute atomic E-state index is 12.4. The van der Waals surface area contributed by atoms with Crippen molar-refractivity contribution in [2.24, 2.45) is 5.92 Å². The van der Waals surface area contributed by atoms with Gasteiger partial charge in [-0.25, -0.2) is 0 Å². The molecule has 1 aromatic rings. The summed E-state index contributed by atoms with van der Waals surface area (Å²) in [6, 6.07) is 7.10. The van der Waals surface area contributed by atoms with Gasteiger partial charge in [0, 0.05) is 22.8 Å². The van der Waals surface area contributed by atoms with Crippen LogP contribution in [0.2, 0.25) is 5.02 Å². The van der Waals surface area contributed by atoms with E-state index in [0.29, 0.717) is 18.0 Å². The van der Waals surface area contributed by atoms with Gasteiger partial charge in [0.2, 0.25) is 11.8 Å². The third kappa shape index (κ3) is 3.56. The van der Waals surface area contributed by atoms with Gasteiger partial charge in [0.1, 0.15) is 5.92 Å². The Morgan fingerprint density at radius 3 is 2.57 bits per heavy atom. The first kappa shape index (κ1) is 15.8. The van der Waals surface area contributed by atoms with Crippen molar-refractivity contribution in [2.45, 2.75) is 39.2 Å². The summed E-state index contributed by atoms with van der Waals surface area (Å²) in [6.45, 7) is 6.49. The van der Waals surface area contributed by atoms with Crippen molar-refractivity contribution in [2.75, 3.05) is 11.4 Å². The van der Waals surface area contributed by atoms with Gasteiger partial charge in [-0.05, 0) is 51.0 Å². The maximum Gasteiger partial charge on any atom is 0.239 e. The smallest absolute Gasteiger partial charge is 0.239 e. The highest BCUT2D eigenvalue weighted by atomic mass is 35.5. The highest BCUT2D eigenvalue weighted by Gasteiger charge is 2.38. The molecule has 0 spiro atoms. The molecule has 1 aliphatic rings. The second kappa shape index (κ2) is 6.06. The van der Waals surface area contributed by atoms with E-state index in [2.05, 4.69) is 5.32 Å². The molecule has 0 bridgehead atoms. The molecule has 0 radical (unpaired) electrons. The van der Waals surface area contributed by atoms with E-state index < -0.39 is 5.92 Å². The van der Waals surface area contributed by atoms with Crippen LogP contribution >= 0.6 is 11.6 Å². The molecule has 114 valence electrons. The second-order valence-electron chi connectivity index (χ2n) is 6.03. The van der Waals surface area contributed by atoms with Crippen LogP contribution < -0.4 is 10.2 Å². The number of halogens is 1. The van der Waals surface area contributed by atoms with E-state index in [1.165, 1.54) is 0 Å². The highest BCUT2D eigenvalue weighted by Crippen LogP contribution is 2.27. The van der Waals surface area contributed by atoms with Gasteiger partial charge in [0.05, 0.1) is 0 Å². The molecule has 1 atom stereocenters. The van der Waals surface area contributed by atoms with Gasteiger partial charge in [-0.1, -0.05) is 18.5 Å². The average molecular weight is 309 g/mol. The van der Waals surface area contributed by atoms with Crippen LogP contribution in [-0.2, 0) is 9.59 Å². The summed E-state index contributed by atoms with van der Waals surface area (Å²) in [5.74, 6) is -0.906. The van der Waals surface area contributed by atoms with E-state index in [-0.39, 0.29) is 17.4 Å². The van der Waals surface area contributed by atoms with Gasteiger partial charge in [-0.3, -0.25) is 9.59 Å². The molecule has 1 aromatic carbocycles. The maximum atomic E-state index is 12.4. The van der Waals surface area contributed by atoms with Gasteiger partial charge >= 0.3 is 0 Å². The molecule has 1 unspecified atom stereocenters. The summed E-state index contributed by atoms with van der Waals surface area (Å²) < 4.78 is 0. The largest absolute Gasteiger partial charge is 0.351 e. The molecular weight excluding hydrogens is 288 g/mol. The summed E-state index contributed by atoms with van der Waals surface area (Å²) in [5, 5.41) is 3.58. The topological polar surface area (TPSA) is 49.4 Å². The van der Waals surface area contributed by atoms with E-state index >= 15 is 0 Å². The van der Waals surface area contributed by atoms with Crippen molar-refractivity contribution < 1.29 is 9.59 Å². The average Bonchev–Trinajstić information content (AvgIpc) is 2.81. The minimum Gasteiger partial charge on any atom is -0.351 e. The molecule has 1 saturated heterocycles. The van der Waals surface area contributed by atoms with Crippen LogP contribution in [0.5, 0.6) is 0 Å². The molecule has 1 N–H and O–H groups in total. The van der Waals surface area contributed by atoms with Gasteiger partial charge < -0.3 is 10.2 Å². The zero-order valence-corrected chi connectivity index (χ0v) is 13.4. The molecular formula is C16H21ClN2O2. The second-order valence-corrected chi connectivity index (χ2v) is 6.47. The fraction of sp³-hybridized carbons (Fsp3) is 0.500. The Morgan fingerprint density at radius 1 is 1.38 bits per heavy atom. The normalized spacial score (nSPS) is 19.0. The lowest BCUT2D eigenvalue weighted by Crippen LogP contribution is -2.47. The van der Waals surface area contributed by atoms with Crippen molar-refractivity contribution in [1.29, 1.82) is 0 Å². The number of benzene rings is 1. The number of anilines is 1. The molecule has 5 heteroatoms. The summed E-state index contributed by atoms with van der Waals surface area (Å²) in [5.41, 5.74) is 0.500. The van der Waals surface area contributed by atoms with Crippen LogP contribution in [0.4, 0.5) is 5.69 Å². The van der Waals surface area contributed by atoms with Gasteiger partial charge in [0.15, 0.2) is 0 Å². The number of nitrogens with zero attached hydrogens (tertiary/aromatic N) is 1.